The van der Waals surface area contributed by atoms with Gasteiger partial charge in [-0.05, 0) is 13.6 Å². The fourth-order valence-electron chi connectivity index (χ4n) is 2.30. The van der Waals surface area contributed by atoms with E-state index in [9.17, 15) is 0 Å². The molecule has 0 unspecified atom stereocenters. The highest BCUT2D eigenvalue weighted by molar-refractivity contribution is 4.94. The Morgan fingerprint density at radius 1 is 1.23 bits per heavy atom. The van der Waals surface area contributed by atoms with Crippen molar-refractivity contribution in [3.8, 4) is 0 Å². The van der Waals surface area contributed by atoms with E-state index in [1.807, 2.05) is 7.05 Å². The van der Waals surface area contributed by atoms with Crippen LogP contribution < -0.4 is 11.1 Å². The summed E-state index contributed by atoms with van der Waals surface area (Å²) in [4.78, 5) is 0. The van der Waals surface area contributed by atoms with Crippen molar-refractivity contribution in [2.75, 3.05) is 33.4 Å². The molecule has 2 fully saturated rings. The summed E-state index contributed by atoms with van der Waals surface area (Å²) in [5, 5.41) is 3.16. The van der Waals surface area contributed by atoms with Gasteiger partial charge < -0.3 is 20.5 Å². The molecule has 2 aliphatic heterocycles. The molecule has 4 atom stereocenters. The van der Waals surface area contributed by atoms with Crippen LogP contribution in [0.3, 0.4) is 0 Å². The maximum absolute atomic E-state index is 5.70. The molecule has 4 nitrogen and oxygen atoms in total. The van der Waals surface area contributed by atoms with Crippen LogP contribution in [0.25, 0.3) is 0 Å². The number of nitrogens with two attached hydrogens (primary N) is 1. The van der Waals surface area contributed by atoms with Gasteiger partial charge in [0.2, 0.25) is 0 Å². The third-order valence-corrected chi connectivity index (χ3v) is 3.03. The van der Waals surface area contributed by atoms with Gasteiger partial charge in [0.25, 0.3) is 0 Å². The average molecular weight is 186 g/mol. The molecular weight excluding hydrogens is 168 g/mol. The zero-order chi connectivity index (χ0) is 9.26. The molecule has 3 N–H and O–H groups in total. The number of rotatable bonds is 3. The molecule has 13 heavy (non-hydrogen) atoms. The van der Waals surface area contributed by atoms with E-state index in [0.29, 0.717) is 18.4 Å². The van der Waals surface area contributed by atoms with Crippen LogP contribution in [0, 0.1) is 11.8 Å². The molecule has 0 radical (unpaired) electrons. The van der Waals surface area contributed by atoms with Crippen molar-refractivity contribution in [3.05, 3.63) is 0 Å². The molecule has 2 saturated heterocycles. The van der Waals surface area contributed by atoms with Gasteiger partial charge in [-0.25, -0.2) is 0 Å². The predicted molar refractivity (Wildman–Crippen MR) is 49.4 cm³/mol. The van der Waals surface area contributed by atoms with Gasteiger partial charge in [-0.3, -0.25) is 0 Å². The highest BCUT2D eigenvalue weighted by Gasteiger charge is 2.46. The molecule has 0 aliphatic carbocycles. The van der Waals surface area contributed by atoms with Gasteiger partial charge in [0, 0.05) is 18.4 Å². The quantitative estimate of drug-likeness (QED) is 0.605. The molecule has 0 bridgehead atoms. The van der Waals surface area contributed by atoms with E-state index in [-0.39, 0.29) is 12.2 Å². The maximum Gasteiger partial charge on any atom is 0.0903 e. The minimum absolute atomic E-state index is 0.253. The molecular formula is C9H18N2O2. The molecule has 0 aromatic heterocycles. The summed E-state index contributed by atoms with van der Waals surface area (Å²) in [6, 6.07) is 0. The largest absolute Gasteiger partial charge is 0.375 e. The van der Waals surface area contributed by atoms with E-state index in [4.69, 9.17) is 15.2 Å². The fraction of sp³-hybridized carbons (Fsp3) is 1.00. The van der Waals surface area contributed by atoms with E-state index >= 15 is 0 Å². The third kappa shape index (κ3) is 1.59. The van der Waals surface area contributed by atoms with Gasteiger partial charge in [-0.2, -0.15) is 0 Å². The Bertz CT molecular complexity index is 177. The van der Waals surface area contributed by atoms with Gasteiger partial charge in [-0.1, -0.05) is 0 Å². The van der Waals surface area contributed by atoms with Crippen molar-refractivity contribution in [2.24, 2.45) is 17.6 Å². The lowest BCUT2D eigenvalue weighted by molar-refractivity contribution is 0.0610. The van der Waals surface area contributed by atoms with Crippen LogP contribution in [0.5, 0.6) is 0 Å². The molecule has 2 heterocycles. The van der Waals surface area contributed by atoms with Crippen LogP contribution in [-0.2, 0) is 9.47 Å². The minimum atomic E-state index is 0.253. The Morgan fingerprint density at radius 3 is 2.46 bits per heavy atom. The van der Waals surface area contributed by atoms with Gasteiger partial charge in [-0.15, -0.1) is 0 Å². The molecule has 2 aliphatic rings. The highest BCUT2D eigenvalue weighted by atomic mass is 16.6. The number of fused-ring (bicyclic) bond motifs is 1. The van der Waals surface area contributed by atoms with Crippen LogP contribution in [0.15, 0.2) is 0 Å². The molecule has 4 heteroatoms. The SMILES string of the molecule is CNC[C@H]1CO[C@@H]2[C@@H](CN)CO[C@H]12. The second-order valence-electron chi connectivity index (χ2n) is 3.91. The van der Waals surface area contributed by atoms with E-state index in [1.165, 1.54) is 0 Å². The van der Waals surface area contributed by atoms with Crippen molar-refractivity contribution >= 4 is 0 Å². The lowest BCUT2D eigenvalue weighted by Gasteiger charge is -2.15. The van der Waals surface area contributed by atoms with Crippen LogP contribution in [0.4, 0.5) is 0 Å². The van der Waals surface area contributed by atoms with Crippen molar-refractivity contribution in [1.29, 1.82) is 0 Å². The zero-order valence-electron chi connectivity index (χ0n) is 8.03. The summed E-state index contributed by atoms with van der Waals surface area (Å²) in [6.07, 6.45) is 0.532. The van der Waals surface area contributed by atoms with Crippen molar-refractivity contribution in [3.63, 3.8) is 0 Å². The molecule has 0 spiro atoms. The zero-order valence-corrected chi connectivity index (χ0v) is 8.03. The van der Waals surface area contributed by atoms with E-state index in [2.05, 4.69) is 5.32 Å². The Balaban J connectivity index is 1.95. The highest BCUT2D eigenvalue weighted by Crippen LogP contribution is 2.33. The standard InChI is InChI=1S/C9H18N2O2/c1-11-3-7-5-13-8-6(2-10)4-12-9(7)8/h6-9,11H,2-5,10H2,1H3/t6-,7-,8+,9+/m0/s1. The lowest BCUT2D eigenvalue weighted by atomic mass is 9.96. The van der Waals surface area contributed by atoms with Crippen molar-refractivity contribution in [1.82, 2.24) is 5.32 Å². The van der Waals surface area contributed by atoms with Gasteiger partial charge in [0.05, 0.1) is 25.4 Å². The van der Waals surface area contributed by atoms with Gasteiger partial charge >= 0.3 is 0 Å². The normalized spacial score (nSPS) is 43.8. The fourth-order valence-corrected chi connectivity index (χ4v) is 2.30. The summed E-state index contributed by atoms with van der Waals surface area (Å²) in [5.41, 5.74) is 5.63. The number of hydrogen-bond donors (Lipinski definition) is 2. The first-order valence-corrected chi connectivity index (χ1v) is 4.94. The summed E-state index contributed by atoms with van der Waals surface area (Å²) in [7, 11) is 1.96. The second kappa shape index (κ2) is 3.92. The first kappa shape index (κ1) is 9.40. The summed E-state index contributed by atoms with van der Waals surface area (Å²) in [5.74, 6) is 0.915. The second-order valence-corrected chi connectivity index (χ2v) is 3.91. The Hall–Kier alpha value is -0.160. The summed E-state index contributed by atoms with van der Waals surface area (Å²) in [6.45, 7) is 3.23. The van der Waals surface area contributed by atoms with Crippen LogP contribution in [0.2, 0.25) is 0 Å². The van der Waals surface area contributed by atoms with E-state index in [1.54, 1.807) is 0 Å². The molecule has 0 saturated carbocycles. The first-order valence-electron chi connectivity index (χ1n) is 4.94. The average Bonchev–Trinajstić information content (AvgIpc) is 2.68. The maximum atomic E-state index is 5.70. The first-order chi connectivity index (χ1) is 6.36. The Morgan fingerprint density at radius 2 is 1.85 bits per heavy atom. The van der Waals surface area contributed by atoms with E-state index < -0.39 is 0 Å². The number of hydrogen-bond acceptors (Lipinski definition) is 4. The lowest BCUT2D eigenvalue weighted by Crippen LogP contribution is -2.33. The van der Waals surface area contributed by atoms with Crippen molar-refractivity contribution < 1.29 is 9.47 Å². The molecule has 2 rings (SSSR count). The molecule has 0 amide bonds. The van der Waals surface area contributed by atoms with Crippen LogP contribution >= 0.6 is 0 Å². The third-order valence-electron chi connectivity index (χ3n) is 3.03. The van der Waals surface area contributed by atoms with Crippen LogP contribution in [0.1, 0.15) is 0 Å². The van der Waals surface area contributed by atoms with Crippen molar-refractivity contribution in [2.45, 2.75) is 12.2 Å². The molecule has 76 valence electrons. The minimum Gasteiger partial charge on any atom is -0.375 e. The molecule has 0 aromatic carbocycles. The summed E-state index contributed by atoms with van der Waals surface area (Å²) < 4.78 is 11.4. The Labute approximate surface area is 78.8 Å². The Kier molecular flexibility index (Phi) is 2.83. The predicted octanol–water partition coefficient (Wildman–Crippen LogP) is -0.805. The van der Waals surface area contributed by atoms with Crippen LogP contribution in [-0.4, -0.2) is 45.6 Å². The summed E-state index contributed by atoms with van der Waals surface area (Å²) >= 11 is 0. The number of nitrogens with one attached hydrogen (secondary N) is 1. The topological polar surface area (TPSA) is 56.5 Å². The van der Waals surface area contributed by atoms with Gasteiger partial charge in [0.15, 0.2) is 0 Å². The smallest absolute Gasteiger partial charge is 0.0903 e. The van der Waals surface area contributed by atoms with E-state index in [0.717, 1.165) is 19.8 Å². The molecule has 0 aromatic rings. The number of ether oxygens (including phenoxy) is 2. The monoisotopic (exact) mass is 186 g/mol. The van der Waals surface area contributed by atoms with Gasteiger partial charge in [0.1, 0.15) is 0 Å².